The molecule has 0 aromatic rings. The molecule has 2 fully saturated rings. The standard InChI is InChI=1S/C17H32N2O4/c1-11-12-13(23-16(5,6)7)17(22-11,10-21-15(2,3)4)9-19(12)14(20)18-8/h11-13H,9-10H2,1-8H3,(H,18,20)/t11-,12-,13-,17+/m0/s1. The fraction of sp³-hybridized carbons (Fsp3) is 0.941. The first-order valence-corrected chi connectivity index (χ1v) is 8.36. The minimum atomic E-state index is -0.614. The third kappa shape index (κ3) is 3.80. The third-order valence-corrected chi connectivity index (χ3v) is 4.23. The van der Waals surface area contributed by atoms with E-state index in [0.717, 1.165) is 0 Å². The van der Waals surface area contributed by atoms with E-state index in [4.69, 9.17) is 14.2 Å². The molecule has 0 unspecified atom stereocenters. The van der Waals surface area contributed by atoms with Gasteiger partial charge >= 0.3 is 6.03 Å². The van der Waals surface area contributed by atoms with Crippen LogP contribution in [0.4, 0.5) is 4.79 Å². The molecule has 0 aliphatic carbocycles. The van der Waals surface area contributed by atoms with Crippen molar-refractivity contribution in [1.29, 1.82) is 0 Å². The van der Waals surface area contributed by atoms with Gasteiger partial charge in [0.25, 0.3) is 0 Å². The lowest BCUT2D eigenvalue weighted by Gasteiger charge is -2.37. The van der Waals surface area contributed by atoms with Crippen LogP contribution in [0.25, 0.3) is 0 Å². The molecule has 0 aromatic heterocycles. The average Bonchev–Trinajstić information content (AvgIpc) is 2.81. The number of carbonyl (C=O) groups excluding carboxylic acids is 1. The summed E-state index contributed by atoms with van der Waals surface area (Å²) in [5.41, 5.74) is -1.20. The second kappa shape index (κ2) is 5.90. The smallest absolute Gasteiger partial charge is 0.317 e. The van der Waals surface area contributed by atoms with Gasteiger partial charge in [-0.15, -0.1) is 0 Å². The fourth-order valence-electron chi connectivity index (χ4n) is 3.41. The Morgan fingerprint density at radius 3 is 2.35 bits per heavy atom. The number of nitrogens with one attached hydrogen (secondary N) is 1. The summed E-state index contributed by atoms with van der Waals surface area (Å²) in [6.45, 7) is 15.0. The van der Waals surface area contributed by atoms with Crippen molar-refractivity contribution in [3.63, 3.8) is 0 Å². The second-order valence-electron chi connectivity index (χ2n) is 8.61. The zero-order valence-electron chi connectivity index (χ0n) is 15.7. The number of morpholine rings is 1. The lowest BCUT2D eigenvalue weighted by atomic mass is 9.97. The first-order valence-electron chi connectivity index (χ1n) is 8.36. The minimum absolute atomic E-state index is 0.0861. The normalized spacial score (nSPS) is 34.1. The fourth-order valence-corrected chi connectivity index (χ4v) is 3.41. The number of hydrogen-bond donors (Lipinski definition) is 1. The molecule has 0 radical (unpaired) electrons. The molecule has 2 rings (SSSR count). The molecule has 1 N–H and O–H groups in total. The van der Waals surface area contributed by atoms with E-state index in [1.54, 1.807) is 7.05 Å². The van der Waals surface area contributed by atoms with Gasteiger partial charge in [0.15, 0.2) is 0 Å². The highest BCUT2D eigenvalue weighted by Gasteiger charge is 2.65. The van der Waals surface area contributed by atoms with Crippen LogP contribution in [0.15, 0.2) is 0 Å². The van der Waals surface area contributed by atoms with Gasteiger partial charge < -0.3 is 24.4 Å². The van der Waals surface area contributed by atoms with Gasteiger partial charge in [-0.25, -0.2) is 4.79 Å². The number of carbonyl (C=O) groups is 1. The number of rotatable bonds is 3. The summed E-state index contributed by atoms with van der Waals surface area (Å²) < 4.78 is 18.6. The Morgan fingerprint density at radius 1 is 1.26 bits per heavy atom. The number of nitrogens with zero attached hydrogens (tertiary/aromatic N) is 1. The predicted molar refractivity (Wildman–Crippen MR) is 88.6 cm³/mol. The number of ether oxygens (including phenoxy) is 3. The SMILES string of the molecule is CNC(=O)N1C[C@]2(COC(C)(C)C)O[C@@H](C)[C@H]1[C@@H]2OC(C)(C)C. The van der Waals surface area contributed by atoms with Crippen LogP contribution in [0.2, 0.25) is 0 Å². The topological polar surface area (TPSA) is 60.0 Å². The second-order valence-corrected chi connectivity index (χ2v) is 8.61. The maximum atomic E-state index is 12.3. The molecule has 0 saturated carbocycles. The monoisotopic (exact) mass is 328 g/mol. The van der Waals surface area contributed by atoms with Crippen LogP contribution in [0.3, 0.4) is 0 Å². The molecule has 0 spiro atoms. The zero-order chi connectivity index (χ0) is 17.6. The van der Waals surface area contributed by atoms with E-state index < -0.39 is 5.60 Å². The molecule has 2 amide bonds. The Bertz CT molecular complexity index is 454. The summed E-state index contributed by atoms with van der Waals surface area (Å²) in [7, 11) is 1.65. The van der Waals surface area contributed by atoms with E-state index in [1.807, 2.05) is 53.4 Å². The number of amides is 2. The van der Waals surface area contributed by atoms with E-state index in [0.29, 0.717) is 13.2 Å². The summed E-state index contributed by atoms with van der Waals surface area (Å²) in [4.78, 5) is 14.1. The van der Waals surface area contributed by atoms with Crippen molar-refractivity contribution in [1.82, 2.24) is 10.2 Å². The molecule has 23 heavy (non-hydrogen) atoms. The van der Waals surface area contributed by atoms with Crippen LogP contribution in [0.1, 0.15) is 48.5 Å². The first-order chi connectivity index (χ1) is 10.4. The molecule has 2 aliphatic heterocycles. The van der Waals surface area contributed by atoms with Gasteiger partial charge in [0, 0.05) is 7.05 Å². The number of urea groups is 1. The molecule has 0 aromatic carbocycles. The Kier molecular flexibility index (Phi) is 4.74. The minimum Gasteiger partial charge on any atom is -0.373 e. The summed E-state index contributed by atoms with van der Waals surface area (Å²) in [6.07, 6.45) is -0.283. The molecule has 6 heteroatoms. The van der Waals surface area contributed by atoms with Crippen molar-refractivity contribution in [3.05, 3.63) is 0 Å². The quantitative estimate of drug-likeness (QED) is 0.862. The highest BCUT2D eigenvalue weighted by atomic mass is 16.6. The van der Waals surface area contributed by atoms with E-state index in [1.165, 1.54) is 0 Å². The van der Waals surface area contributed by atoms with Crippen molar-refractivity contribution in [2.75, 3.05) is 20.2 Å². The highest BCUT2D eigenvalue weighted by Crippen LogP contribution is 2.45. The van der Waals surface area contributed by atoms with Gasteiger partial charge in [-0.3, -0.25) is 0 Å². The van der Waals surface area contributed by atoms with Crippen LogP contribution in [0, 0.1) is 0 Å². The van der Waals surface area contributed by atoms with Gasteiger partial charge in [-0.2, -0.15) is 0 Å². The van der Waals surface area contributed by atoms with Gasteiger partial charge in [-0.1, -0.05) is 0 Å². The van der Waals surface area contributed by atoms with Gasteiger partial charge in [0.2, 0.25) is 0 Å². The summed E-state index contributed by atoms with van der Waals surface area (Å²) in [6, 6.07) is -0.192. The lowest BCUT2D eigenvalue weighted by Crippen LogP contribution is -2.53. The summed E-state index contributed by atoms with van der Waals surface area (Å²) >= 11 is 0. The maximum Gasteiger partial charge on any atom is 0.317 e. The molecular weight excluding hydrogens is 296 g/mol. The molecule has 4 atom stereocenters. The summed E-state index contributed by atoms with van der Waals surface area (Å²) in [5.74, 6) is 0. The average molecular weight is 328 g/mol. The molecule has 2 heterocycles. The lowest BCUT2D eigenvalue weighted by molar-refractivity contribution is -0.177. The van der Waals surface area contributed by atoms with Gasteiger partial charge in [0.05, 0.1) is 36.5 Å². The number of likely N-dealkylation sites (tertiary alicyclic amines) is 1. The first kappa shape index (κ1) is 18.5. The van der Waals surface area contributed by atoms with E-state index in [-0.39, 0.29) is 35.5 Å². The van der Waals surface area contributed by atoms with Crippen LogP contribution in [0.5, 0.6) is 0 Å². The summed E-state index contributed by atoms with van der Waals surface area (Å²) in [5, 5.41) is 2.72. The molecule has 134 valence electrons. The van der Waals surface area contributed by atoms with Crippen LogP contribution in [-0.4, -0.2) is 66.2 Å². The number of hydrogen-bond acceptors (Lipinski definition) is 4. The van der Waals surface area contributed by atoms with Crippen LogP contribution >= 0.6 is 0 Å². The third-order valence-electron chi connectivity index (χ3n) is 4.23. The van der Waals surface area contributed by atoms with Crippen LogP contribution in [-0.2, 0) is 14.2 Å². The molecule has 2 saturated heterocycles. The van der Waals surface area contributed by atoms with E-state index >= 15 is 0 Å². The number of fused-ring (bicyclic) bond motifs is 2. The van der Waals surface area contributed by atoms with Crippen molar-refractivity contribution in [3.8, 4) is 0 Å². The molecular formula is C17H32N2O4. The Hall–Kier alpha value is -0.850. The van der Waals surface area contributed by atoms with Gasteiger partial charge in [-0.05, 0) is 48.5 Å². The molecule has 2 bridgehead atoms. The maximum absolute atomic E-state index is 12.3. The van der Waals surface area contributed by atoms with Crippen molar-refractivity contribution < 1.29 is 19.0 Å². The Labute approximate surface area is 139 Å². The Morgan fingerprint density at radius 2 is 1.87 bits per heavy atom. The predicted octanol–water partition coefficient (Wildman–Crippen LogP) is 2.17. The van der Waals surface area contributed by atoms with Crippen molar-refractivity contribution >= 4 is 6.03 Å². The highest BCUT2D eigenvalue weighted by molar-refractivity contribution is 5.75. The van der Waals surface area contributed by atoms with Crippen molar-refractivity contribution in [2.24, 2.45) is 0 Å². The van der Waals surface area contributed by atoms with E-state index in [2.05, 4.69) is 5.32 Å². The van der Waals surface area contributed by atoms with E-state index in [9.17, 15) is 4.79 Å². The Balaban J connectivity index is 2.29. The van der Waals surface area contributed by atoms with Crippen LogP contribution < -0.4 is 5.32 Å². The van der Waals surface area contributed by atoms with Gasteiger partial charge in [0.1, 0.15) is 11.7 Å². The molecule has 6 nitrogen and oxygen atoms in total. The van der Waals surface area contributed by atoms with Crippen molar-refractivity contribution in [2.45, 2.75) is 83.5 Å². The largest absolute Gasteiger partial charge is 0.373 e. The zero-order valence-corrected chi connectivity index (χ0v) is 15.7. The molecule has 2 aliphatic rings.